The number of carboxylic acid groups (broad SMARTS) is 1. The van der Waals surface area contributed by atoms with E-state index in [9.17, 15) is 9.59 Å². The van der Waals surface area contributed by atoms with E-state index in [0.29, 0.717) is 18.2 Å². The van der Waals surface area contributed by atoms with Crippen LogP contribution in [0.3, 0.4) is 0 Å². The first-order valence-corrected chi connectivity index (χ1v) is 8.98. The topological polar surface area (TPSA) is 96.5 Å². The summed E-state index contributed by atoms with van der Waals surface area (Å²) in [5.74, 6) is 0.268. The molecule has 3 rings (SSSR count). The summed E-state index contributed by atoms with van der Waals surface area (Å²) < 4.78 is 5.26. The smallest absolute Gasteiger partial charge is 0.323 e. The van der Waals surface area contributed by atoms with Crippen molar-refractivity contribution in [1.82, 2.24) is 15.0 Å². The Kier molecular flexibility index (Phi) is 5.99. The largest absolute Gasteiger partial charge is 0.480 e. The lowest BCUT2D eigenvalue weighted by molar-refractivity contribution is -0.144. The van der Waals surface area contributed by atoms with Crippen LogP contribution in [0.2, 0.25) is 0 Å². The Balaban J connectivity index is 1.57. The summed E-state index contributed by atoms with van der Waals surface area (Å²) in [7, 11) is 0. The fraction of sp³-hybridized carbons (Fsp3) is 0.474. The molecule has 0 spiro atoms. The third-order valence-electron chi connectivity index (χ3n) is 4.65. The predicted molar refractivity (Wildman–Crippen MR) is 93.3 cm³/mol. The van der Waals surface area contributed by atoms with Gasteiger partial charge in [-0.25, -0.2) is 0 Å². The Morgan fingerprint density at radius 1 is 1.19 bits per heavy atom. The first-order chi connectivity index (χ1) is 12.6. The quantitative estimate of drug-likeness (QED) is 0.780. The zero-order valence-corrected chi connectivity index (χ0v) is 14.6. The predicted octanol–water partition coefficient (Wildman–Crippen LogP) is 2.77. The molecule has 0 atom stereocenters. The lowest BCUT2D eigenvalue weighted by Gasteiger charge is -2.20. The van der Waals surface area contributed by atoms with Gasteiger partial charge in [-0.15, -0.1) is 0 Å². The molecule has 1 aromatic heterocycles. The summed E-state index contributed by atoms with van der Waals surface area (Å²) in [6.07, 6.45) is 5.02. The van der Waals surface area contributed by atoms with E-state index in [-0.39, 0.29) is 25.4 Å². The third kappa shape index (κ3) is 4.91. The van der Waals surface area contributed by atoms with E-state index < -0.39 is 5.97 Å². The molecule has 1 heterocycles. The summed E-state index contributed by atoms with van der Waals surface area (Å²) in [4.78, 5) is 29.3. The van der Waals surface area contributed by atoms with E-state index in [2.05, 4.69) is 10.1 Å². The van der Waals surface area contributed by atoms with Crippen molar-refractivity contribution in [2.75, 3.05) is 6.54 Å². The average Bonchev–Trinajstić information content (AvgIpc) is 3.31. The minimum absolute atomic E-state index is 0.145. The van der Waals surface area contributed by atoms with Gasteiger partial charge in [0.2, 0.25) is 11.8 Å². The van der Waals surface area contributed by atoms with Gasteiger partial charge in [-0.1, -0.05) is 48.3 Å². The molecule has 1 aromatic carbocycles. The Morgan fingerprint density at radius 2 is 1.92 bits per heavy atom. The number of rotatable bonds is 8. The second kappa shape index (κ2) is 8.60. The van der Waals surface area contributed by atoms with Crippen LogP contribution >= 0.6 is 0 Å². The molecule has 0 unspecified atom stereocenters. The van der Waals surface area contributed by atoms with Crippen LogP contribution in [0.1, 0.15) is 55.3 Å². The summed E-state index contributed by atoms with van der Waals surface area (Å²) in [6, 6.07) is 9.34. The van der Waals surface area contributed by atoms with Gasteiger partial charge in [-0.3, -0.25) is 9.59 Å². The van der Waals surface area contributed by atoms with Crippen molar-refractivity contribution < 1.29 is 19.2 Å². The number of hydrogen-bond donors (Lipinski definition) is 1. The molecule has 0 radical (unpaired) electrons. The van der Waals surface area contributed by atoms with E-state index in [1.54, 1.807) is 0 Å². The molecule has 1 aliphatic carbocycles. The maximum atomic E-state index is 12.5. The molecule has 26 heavy (non-hydrogen) atoms. The van der Waals surface area contributed by atoms with Gasteiger partial charge >= 0.3 is 5.97 Å². The molecular formula is C19H23N3O4. The van der Waals surface area contributed by atoms with Gasteiger partial charge in [0.15, 0.2) is 5.82 Å². The molecule has 0 aliphatic heterocycles. The molecule has 1 aliphatic rings. The second-order valence-electron chi connectivity index (χ2n) is 6.66. The van der Waals surface area contributed by atoms with Crippen molar-refractivity contribution in [3.8, 4) is 0 Å². The molecule has 138 valence electrons. The van der Waals surface area contributed by atoms with Gasteiger partial charge in [-0.05, 0) is 18.4 Å². The number of carbonyl (C=O) groups excluding carboxylic acids is 1. The molecule has 0 bridgehead atoms. The van der Waals surface area contributed by atoms with Crippen molar-refractivity contribution in [2.45, 2.75) is 51.0 Å². The zero-order chi connectivity index (χ0) is 18.4. The molecule has 1 amide bonds. The van der Waals surface area contributed by atoms with E-state index in [0.717, 1.165) is 24.2 Å². The normalized spacial score (nSPS) is 14.5. The van der Waals surface area contributed by atoms with Gasteiger partial charge in [0.1, 0.15) is 6.54 Å². The standard InChI is InChI=1S/C19H23N3O4/c23-17(22(13-18(24)25)12-14-6-2-1-3-7-14)11-10-16-20-19(21-26-16)15-8-4-5-9-15/h1-3,6-7,15H,4-5,8-13H2,(H,24,25). The Labute approximate surface area is 152 Å². The minimum Gasteiger partial charge on any atom is -0.480 e. The number of amides is 1. The maximum absolute atomic E-state index is 12.5. The van der Waals surface area contributed by atoms with Crippen LogP contribution in [0.15, 0.2) is 34.9 Å². The molecule has 1 saturated carbocycles. The number of hydrogen-bond acceptors (Lipinski definition) is 5. The summed E-state index contributed by atoms with van der Waals surface area (Å²) >= 11 is 0. The summed E-state index contributed by atoms with van der Waals surface area (Å²) in [5.41, 5.74) is 0.892. The van der Waals surface area contributed by atoms with Crippen LogP contribution in [0.4, 0.5) is 0 Å². The highest BCUT2D eigenvalue weighted by molar-refractivity contribution is 5.81. The van der Waals surface area contributed by atoms with Gasteiger partial charge in [-0.2, -0.15) is 4.98 Å². The van der Waals surface area contributed by atoms with E-state index in [1.807, 2.05) is 30.3 Å². The third-order valence-corrected chi connectivity index (χ3v) is 4.65. The molecule has 7 heteroatoms. The fourth-order valence-electron chi connectivity index (χ4n) is 3.29. The molecule has 1 N–H and O–H groups in total. The highest BCUT2D eigenvalue weighted by Gasteiger charge is 2.23. The van der Waals surface area contributed by atoms with Crippen molar-refractivity contribution in [2.24, 2.45) is 0 Å². The Bertz CT molecular complexity index is 738. The zero-order valence-electron chi connectivity index (χ0n) is 14.6. The average molecular weight is 357 g/mol. The van der Waals surface area contributed by atoms with Gasteiger partial charge in [0.05, 0.1) is 0 Å². The van der Waals surface area contributed by atoms with Crippen molar-refractivity contribution >= 4 is 11.9 Å². The number of aliphatic carboxylic acids is 1. The summed E-state index contributed by atoms with van der Waals surface area (Å²) in [6.45, 7) is -0.0615. The molecular weight excluding hydrogens is 334 g/mol. The van der Waals surface area contributed by atoms with E-state index in [4.69, 9.17) is 9.63 Å². The first kappa shape index (κ1) is 18.1. The Hall–Kier alpha value is -2.70. The highest BCUT2D eigenvalue weighted by Crippen LogP contribution is 2.32. The summed E-state index contributed by atoms with van der Waals surface area (Å²) in [5, 5.41) is 13.1. The highest BCUT2D eigenvalue weighted by atomic mass is 16.5. The minimum atomic E-state index is -1.03. The lowest BCUT2D eigenvalue weighted by Crippen LogP contribution is -2.35. The number of aryl methyl sites for hydroxylation is 1. The monoisotopic (exact) mass is 357 g/mol. The van der Waals surface area contributed by atoms with Gasteiger partial charge in [0.25, 0.3) is 0 Å². The molecule has 0 saturated heterocycles. The van der Waals surface area contributed by atoms with Crippen molar-refractivity contribution in [1.29, 1.82) is 0 Å². The van der Waals surface area contributed by atoms with Crippen LogP contribution in [-0.2, 0) is 22.6 Å². The number of nitrogens with zero attached hydrogens (tertiary/aromatic N) is 3. The van der Waals surface area contributed by atoms with Crippen molar-refractivity contribution in [3.05, 3.63) is 47.6 Å². The van der Waals surface area contributed by atoms with Crippen LogP contribution < -0.4 is 0 Å². The van der Waals surface area contributed by atoms with Gasteiger partial charge in [0, 0.05) is 25.3 Å². The van der Waals surface area contributed by atoms with Crippen LogP contribution in [0.5, 0.6) is 0 Å². The number of benzene rings is 1. The number of carboxylic acids is 1. The second-order valence-corrected chi connectivity index (χ2v) is 6.66. The van der Waals surface area contributed by atoms with E-state index >= 15 is 0 Å². The number of carbonyl (C=O) groups is 2. The van der Waals surface area contributed by atoms with Gasteiger partial charge < -0.3 is 14.5 Å². The maximum Gasteiger partial charge on any atom is 0.323 e. The van der Waals surface area contributed by atoms with Crippen LogP contribution in [0.25, 0.3) is 0 Å². The lowest BCUT2D eigenvalue weighted by atomic mass is 10.1. The Morgan fingerprint density at radius 3 is 2.62 bits per heavy atom. The van der Waals surface area contributed by atoms with Crippen LogP contribution in [0, 0.1) is 0 Å². The van der Waals surface area contributed by atoms with Crippen LogP contribution in [-0.4, -0.2) is 38.6 Å². The number of aromatic nitrogens is 2. The van der Waals surface area contributed by atoms with E-state index in [1.165, 1.54) is 17.7 Å². The molecule has 7 nitrogen and oxygen atoms in total. The van der Waals surface area contributed by atoms with Crippen molar-refractivity contribution in [3.63, 3.8) is 0 Å². The molecule has 1 fully saturated rings. The fourth-order valence-corrected chi connectivity index (χ4v) is 3.29. The SMILES string of the molecule is O=C(O)CN(Cc1ccccc1)C(=O)CCc1nc(C2CCCC2)no1. The molecule has 2 aromatic rings. The first-order valence-electron chi connectivity index (χ1n) is 8.98.